The summed E-state index contributed by atoms with van der Waals surface area (Å²) < 4.78 is 5.91. The van der Waals surface area contributed by atoms with Gasteiger partial charge in [0.2, 0.25) is 0 Å². The lowest BCUT2D eigenvalue weighted by atomic mass is 10.0. The van der Waals surface area contributed by atoms with E-state index in [9.17, 15) is 0 Å². The molecule has 0 unspecified atom stereocenters. The van der Waals surface area contributed by atoms with Crippen LogP contribution < -0.4 is 5.32 Å². The Morgan fingerprint density at radius 3 is 2.73 bits per heavy atom. The van der Waals surface area contributed by atoms with E-state index in [0.29, 0.717) is 5.92 Å². The summed E-state index contributed by atoms with van der Waals surface area (Å²) in [7, 11) is 0. The maximum absolute atomic E-state index is 5.91. The topological polar surface area (TPSA) is 41.3 Å². The van der Waals surface area contributed by atoms with Crippen LogP contribution >= 0.6 is 12.2 Å². The normalized spacial score (nSPS) is 21.5. The van der Waals surface area contributed by atoms with E-state index in [1.807, 2.05) is 43.5 Å². The van der Waals surface area contributed by atoms with Gasteiger partial charge in [0, 0.05) is 12.7 Å². The average Bonchev–Trinajstić information content (AvgIpc) is 3.04. The predicted molar refractivity (Wildman–Crippen MR) is 90.4 cm³/mol. The van der Waals surface area contributed by atoms with Crippen molar-refractivity contribution < 1.29 is 4.42 Å². The minimum absolute atomic E-state index is 0.0120. The first-order valence-corrected chi connectivity index (χ1v) is 8.01. The SMILES string of the molecule is Cc1ccc([C@H]2[C@@H](c3ccccn3)NC(=S)N2CC(C)C)o1. The zero-order valence-corrected chi connectivity index (χ0v) is 13.9. The van der Waals surface area contributed by atoms with Crippen molar-refractivity contribution in [2.75, 3.05) is 6.54 Å². The first kappa shape index (κ1) is 15.0. The molecule has 116 valence electrons. The molecule has 1 saturated heterocycles. The molecule has 1 fully saturated rings. The standard InChI is InChI=1S/C17H21N3OS/c1-11(2)10-20-16(14-8-7-12(3)21-14)15(19-17(20)22)13-6-4-5-9-18-13/h4-9,11,15-16H,10H2,1-3H3,(H,19,22)/t15-,16+/m1/s1. The van der Waals surface area contributed by atoms with Crippen molar-refractivity contribution in [1.29, 1.82) is 0 Å². The van der Waals surface area contributed by atoms with Crippen molar-refractivity contribution in [2.45, 2.75) is 32.9 Å². The molecule has 5 heteroatoms. The molecule has 3 rings (SSSR count). The number of thiocarbonyl (C=S) groups is 1. The fourth-order valence-electron chi connectivity index (χ4n) is 2.92. The van der Waals surface area contributed by atoms with Crippen molar-refractivity contribution in [3.05, 3.63) is 53.7 Å². The Bertz CT molecular complexity index is 653. The number of rotatable bonds is 4. The molecule has 2 aromatic heterocycles. The number of aromatic nitrogens is 1. The molecule has 3 heterocycles. The van der Waals surface area contributed by atoms with Gasteiger partial charge in [-0.2, -0.15) is 0 Å². The summed E-state index contributed by atoms with van der Waals surface area (Å²) >= 11 is 5.57. The van der Waals surface area contributed by atoms with Gasteiger partial charge in [0.05, 0.1) is 11.7 Å². The van der Waals surface area contributed by atoms with Gasteiger partial charge in [-0.05, 0) is 49.3 Å². The van der Waals surface area contributed by atoms with Crippen LogP contribution in [0.4, 0.5) is 0 Å². The molecule has 0 saturated carbocycles. The lowest BCUT2D eigenvalue weighted by molar-refractivity contribution is 0.249. The highest BCUT2D eigenvalue weighted by Gasteiger charge is 2.41. The minimum atomic E-state index is 0.0120. The third-order valence-corrected chi connectivity index (χ3v) is 4.16. The summed E-state index contributed by atoms with van der Waals surface area (Å²) in [4.78, 5) is 6.72. The van der Waals surface area contributed by atoms with E-state index >= 15 is 0 Å². The van der Waals surface area contributed by atoms with Crippen molar-refractivity contribution >= 4 is 17.3 Å². The lowest BCUT2D eigenvalue weighted by Crippen LogP contribution is -2.32. The van der Waals surface area contributed by atoms with E-state index in [0.717, 1.165) is 28.9 Å². The fraction of sp³-hybridized carbons (Fsp3) is 0.412. The molecule has 0 radical (unpaired) electrons. The van der Waals surface area contributed by atoms with E-state index < -0.39 is 0 Å². The molecular weight excluding hydrogens is 294 g/mol. The molecule has 0 bridgehead atoms. The van der Waals surface area contributed by atoms with Gasteiger partial charge >= 0.3 is 0 Å². The molecule has 1 N–H and O–H groups in total. The van der Waals surface area contributed by atoms with E-state index in [1.54, 1.807) is 0 Å². The number of pyridine rings is 1. The molecule has 0 spiro atoms. The monoisotopic (exact) mass is 315 g/mol. The number of nitrogens with zero attached hydrogens (tertiary/aromatic N) is 2. The molecule has 1 aliphatic rings. The van der Waals surface area contributed by atoms with Crippen LogP contribution in [0.2, 0.25) is 0 Å². The lowest BCUT2D eigenvalue weighted by Gasteiger charge is -2.27. The van der Waals surface area contributed by atoms with Crippen LogP contribution in [0, 0.1) is 12.8 Å². The third kappa shape index (κ3) is 2.86. The fourth-order valence-corrected chi connectivity index (χ4v) is 3.23. The van der Waals surface area contributed by atoms with Crippen molar-refractivity contribution in [3.63, 3.8) is 0 Å². The highest BCUT2D eigenvalue weighted by Crippen LogP contribution is 2.39. The summed E-state index contributed by atoms with van der Waals surface area (Å²) in [6, 6.07) is 10.1. The molecular formula is C17H21N3OS. The van der Waals surface area contributed by atoms with Crippen LogP contribution in [0.1, 0.15) is 43.1 Å². The first-order valence-electron chi connectivity index (χ1n) is 7.60. The largest absolute Gasteiger partial charge is 0.464 e. The summed E-state index contributed by atoms with van der Waals surface area (Å²) in [6.45, 7) is 7.24. The molecule has 0 aliphatic carbocycles. The molecule has 1 aliphatic heterocycles. The minimum Gasteiger partial charge on any atom is -0.464 e. The van der Waals surface area contributed by atoms with Gasteiger partial charge < -0.3 is 14.6 Å². The number of furan rings is 1. The average molecular weight is 315 g/mol. The Hall–Kier alpha value is -1.88. The second-order valence-corrected chi connectivity index (χ2v) is 6.51. The summed E-state index contributed by atoms with van der Waals surface area (Å²) in [6.07, 6.45) is 1.82. The summed E-state index contributed by atoms with van der Waals surface area (Å²) in [5.41, 5.74) is 0.982. The predicted octanol–water partition coefficient (Wildman–Crippen LogP) is 3.61. The van der Waals surface area contributed by atoms with E-state index in [4.69, 9.17) is 16.6 Å². The number of hydrogen-bond acceptors (Lipinski definition) is 3. The number of aryl methyl sites for hydroxylation is 1. The highest BCUT2D eigenvalue weighted by atomic mass is 32.1. The van der Waals surface area contributed by atoms with Crippen LogP contribution in [0.25, 0.3) is 0 Å². The Balaban J connectivity index is 2.00. The zero-order chi connectivity index (χ0) is 15.7. The van der Waals surface area contributed by atoms with E-state index in [-0.39, 0.29) is 12.1 Å². The zero-order valence-electron chi connectivity index (χ0n) is 13.1. The molecule has 22 heavy (non-hydrogen) atoms. The van der Waals surface area contributed by atoms with Crippen LogP contribution in [-0.4, -0.2) is 21.5 Å². The van der Waals surface area contributed by atoms with Gasteiger partial charge in [0.15, 0.2) is 5.11 Å². The number of nitrogens with one attached hydrogen (secondary N) is 1. The molecule has 0 amide bonds. The maximum Gasteiger partial charge on any atom is 0.170 e. The van der Waals surface area contributed by atoms with Gasteiger partial charge in [0.25, 0.3) is 0 Å². The van der Waals surface area contributed by atoms with Crippen LogP contribution in [-0.2, 0) is 0 Å². The second-order valence-electron chi connectivity index (χ2n) is 6.12. The first-order chi connectivity index (χ1) is 10.6. The number of hydrogen-bond donors (Lipinski definition) is 1. The Morgan fingerprint density at radius 2 is 2.14 bits per heavy atom. The van der Waals surface area contributed by atoms with Crippen molar-refractivity contribution in [2.24, 2.45) is 5.92 Å². The van der Waals surface area contributed by atoms with Gasteiger partial charge in [-0.25, -0.2) is 0 Å². The molecule has 2 atom stereocenters. The van der Waals surface area contributed by atoms with Crippen molar-refractivity contribution in [1.82, 2.24) is 15.2 Å². The second kappa shape index (κ2) is 6.08. The summed E-state index contributed by atoms with van der Waals surface area (Å²) in [5, 5.41) is 4.19. The van der Waals surface area contributed by atoms with Crippen molar-refractivity contribution in [3.8, 4) is 0 Å². The maximum atomic E-state index is 5.91. The Kier molecular flexibility index (Phi) is 4.16. The Labute approximate surface area is 136 Å². The molecule has 2 aromatic rings. The van der Waals surface area contributed by atoms with Crippen LogP contribution in [0.5, 0.6) is 0 Å². The third-order valence-electron chi connectivity index (χ3n) is 3.81. The van der Waals surface area contributed by atoms with Gasteiger partial charge in [-0.3, -0.25) is 4.98 Å². The smallest absolute Gasteiger partial charge is 0.170 e. The van der Waals surface area contributed by atoms with E-state index in [2.05, 4.69) is 29.0 Å². The summed E-state index contributed by atoms with van der Waals surface area (Å²) in [5.74, 6) is 2.36. The van der Waals surface area contributed by atoms with Crippen LogP contribution in [0.15, 0.2) is 40.9 Å². The van der Waals surface area contributed by atoms with Gasteiger partial charge in [-0.15, -0.1) is 0 Å². The van der Waals surface area contributed by atoms with Gasteiger partial charge in [-0.1, -0.05) is 19.9 Å². The highest BCUT2D eigenvalue weighted by molar-refractivity contribution is 7.80. The quantitative estimate of drug-likeness (QED) is 0.873. The molecule has 0 aromatic carbocycles. The van der Waals surface area contributed by atoms with Crippen LogP contribution in [0.3, 0.4) is 0 Å². The molecule has 4 nitrogen and oxygen atoms in total. The van der Waals surface area contributed by atoms with Gasteiger partial charge in [0.1, 0.15) is 17.6 Å². The van der Waals surface area contributed by atoms with E-state index in [1.165, 1.54) is 0 Å². The Morgan fingerprint density at radius 1 is 1.32 bits per heavy atom.